The summed E-state index contributed by atoms with van der Waals surface area (Å²) in [7, 11) is 6.16. The van der Waals surface area contributed by atoms with Crippen molar-refractivity contribution in [1.29, 1.82) is 0 Å². The maximum atomic E-state index is 9.81. The van der Waals surface area contributed by atoms with Crippen LogP contribution < -0.4 is 18.9 Å². The SMILES string of the molecule is CCCc1cc(OC)c(O)c(OC)c1.CCCc1cc(OC)c(O)c(OC)c1C. The number of methoxy groups -OCH3 is 4. The first-order chi connectivity index (χ1) is 13.9. The van der Waals surface area contributed by atoms with E-state index in [2.05, 4.69) is 13.8 Å². The molecule has 0 fully saturated rings. The molecule has 29 heavy (non-hydrogen) atoms. The van der Waals surface area contributed by atoms with Gasteiger partial charge in [-0.15, -0.1) is 0 Å². The first-order valence-electron chi connectivity index (χ1n) is 9.75. The molecule has 0 aliphatic carbocycles. The molecular weight excluding hydrogens is 372 g/mol. The summed E-state index contributed by atoms with van der Waals surface area (Å²) in [5.74, 6) is 2.06. The van der Waals surface area contributed by atoms with Gasteiger partial charge < -0.3 is 29.2 Å². The molecule has 0 aromatic heterocycles. The fourth-order valence-electron chi connectivity index (χ4n) is 3.09. The van der Waals surface area contributed by atoms with E-state index in [9.17, 15) is 10.2 Å². The molecule has 0 radical (unpaired) electrons. The van der Waals surface area contributed by atoms with Crippen LogP contribution in [-0.4, -0.2) is 38.7 Å². The Bertz CT molecular complexity index is 760. The van der Waals surface area contributed by atoms with Gasteiger partial charge in [0.25, 0.3) is 0 Å². The number of hydrogen-bond acceptors (Lipinski definition) is 6. The monoisotopic (exact) mass is 406 g/mol. The number of rotatable bonds is 8. The summed E-state index contributed by atoms with van der Waals surface area (Å²) < 4.78 is 20.4. The van der Waals surface area contributed by atoms with Crippen LogP contribution in [0.1, 0.15) is 43.4 Å². The number of phenolic OH excluding ortho intramolecular Hbond substituents is 2. The lowest BCUT2D eigenvalue weighted by atomic mass is 10.0. The Kier molecular flexibility index (Phi) is 10.00. The van der Waals surface area contributed by atoms with Gasteiger partial charge in [-0.2, -0.15) is 0 Å². The average molecular weight is 407 g/mol. The summed E-state index contributed by atoms with van der Waals surface area (Å²) in [6, 6.07) is 5.54. The van der Waals surface area contributed by atoms with Crippen molar-refractivity contribution in [3.8, 4) is 34.5 Å². The Labute approximate surface area is 174 Å². The highest BCUT2D eigenvalue weighted by Gasteiger charge is 2.15. The number of aromatic hydroxyl groups is 2. The van der Waals surface area contributed by atoms with E-state index in [0.717, 1.165) is 42.4 Å². The molecule has 2 rings (SSSR count). The van der Waals surface area contributed by atoms with Crippen LogP contribution in [0.3, 0.4) is 0 Å². The molecule has 2 aromatic rings. The summed E-state index contributed by atoms with van der Waals surface area (Å²) in [5, 5.41) is 19.4. The van der Waals surface area contributed by atoms with Gasteiger partial charge in [-0.3, -0.25) is 0 Å². The lowest BCUT2D eigenvalue weighted by molar-refractivity contribution is 0.337. The van der Waals surface area contributed by atoms with Gasteiger partial charge in [0, 0.05) is 0 Å². The highest BCUT2D eigenvalue weighted by atomic mass is 16.5. The lowest BCUT2D eigenvalue weighted by Crippen LogP contribution is -1.97. The number of hydrogen-bond donors (Lipinski definition) is 2. The molecule has 162 valence electrons. The first-order valence-corrected chi connectivity index (χ1v) is 9.75. The molecule has 0 unspecified atom stereocenters. The summed E-state index contributed by atoms with van der Waals surface area (Å²) in [6.07, 6.45) is 4.01. The van der Waals surface area contributed by atoms with Crippen LogP contribution in [0.5, 0.6) is 34.5 Å². The van der Waals surface area contributed by atoms with E-state index in [1.807, 2.05) is 25.1 Å². The molecule has 2 N–H and O–H groups in total. The van der Waals surface area contributed by atoms with Crippen molar-refractivity contribution >= 4 is 0 Å². The number of benzene rings is 2. The Morgan fingerprint density at radius 2 is 1.17 bits per heavy atom. The fourth-order valence-corrected chi connectivity index (χ4v) is 3.09. The van der Waals surface area contributed by atoms with Gasteiger partial charge in [0.05, 0.1) is 28.4 Å². The van der Waals surface area contributed by atoms with Crippen LogP contribution in [0.15, 0.2) is 18.2 Å². The highest BCUT2D eigenvalue weighted by Crippen LogP contribution is 2.41. The van der Waals surface area contributed by atoms with Crippen molar-refractivity contribution < 1.29 is 29.2 Å². The smallest absolute Gasteiger partial charge is 0.201 e. The van der Waals surface area contributed by atoms with Gasteiger partial charge in [-0.05, 0) is 54.7 Å². The van der Waals surface area contributed by atoms with Crippen LogP contribution in [0.2, 0.25) is 0 Å². The third-order valence-electron chi connectivity index (χ3n) is 4.60. The second kappa shape index (κ2) is 11.9. The van der Waals surface area contributed by atoms with E-state index < -0.39 is 0 Å². The summed E-state index contributed by atoms with van der Waals surface area (Å²) >= 11 is 0. The van der Waals surface area contributed by atoms with Gasteiger partial charge >= 0.3 is 0 Å². The first kappa shape index (κ1) is 24.3. The highest BCUT2D eigenvalue weighted by molar-refractivity contribution is 5.57. The van der Waals surface area contributed by atoms with Crippen LogP contribution in [0.4, 0.5) is 0 Å². The molecule has 0 saturated carbocycles. The summed E-state index contributed by atoms with van der Waals surface area (Å²) in [4.78, 5) is 0. The van der Waals surface area contributed by atoms with E-state index in [0.29, 0.717) is 23.0 Å². The standard InChI is InChI=1S/C12H18O3.C11H16O3/c1-5-6-9-7-10(14-3)11(13)12(15-4)8(9)2;1-4-5-8-6-9(13-2)11(12)10(7-8)14-3/h7,13H,5-6H2,1-4H3;6-7,12H,4-5H2,1-3H3. The maximum absolute atomic E-state index is 9.81. The fraction of sp³-hybridized carbons (Fsp3) is 0.478. The van der Waals surface area contributed by atoms with Crippen LogP contribution in [-0.2, 0) is 12.8 Å². The molecule has 0 saturated heterocycles. The molecule has 0 atom stereocenters. The van der Waals surface area contributed by atoms with Crippen LogP contribution in [0, 0.1) is 6.92 Å². The van der Waals surface area contributed by atoms with Gasteiger partial charge in [-0.1, -0.05) is 26.7 Å². The van der Waals surface area contributed by atoms with Gasteiger partial charge in [-0.25, -0.2) is 0 Å². The van der Waals surface area contributed by atoms with Crippen molar-refractivity contribution in [2.45, 2.75) is 46.5 Å². The average Bonchev–Trinajstić information content (AvgIpc) is 2.72. The maximum Gasteiger partial charge on any atom is 0.201 e. The van der Waals surface area contributed by atoms with Crippen LogP contribution >= 0.6 is 0 Å². The van der Waals surface area contributed by atoms with E-state index >= 15 is 0 Å². The summed E-state index contributed by atoms with van der Waals surface area (Å²) in [5.41, 5.74) is 3.25. The van der Waals surface area contributed by atoms with E-state index in [-0.39, 0.29) is 11.5 Å². The van der Waals surface area contributed by atoms with E-state index in [1.165, 1.54) is 14.2 Å². The molecule has 6 heteroatoms. The third-order valence-corrected chi connectivity index (χ3v) is 4.60. The zero-order valence-electron chi connectivity index (χ0n) is 18.6. The van der Waals surface area contributed by atoms with Gasteiger partial charge in [0.2, 0.25) is 11.5 Å². The minimum atomic E-state index is 0.0647. The van der Waals surface area contributed by atoms with Crippen molar-refractivity contribution in [2.24, 2.45) is 0 Å². The van der Waals surface area contributed by atoms with E-state index in [4.69, 9.17) is 18.9 Å². The summed E-state index contributed by atoms with van der Waals surface area (Å²) in [6.45, 7) is 6.17. The minimum absolute atomic E-state index is 0.0647. The molecule has 0 aliphatic heterocycles. The quantitative estimate of drug-likeness (QED) is 0.640. The Balaban J connectivity index is 0.000000291. The second-order valence-electron chi connectivity index (χ2n) is 6.59. The van der Waals surface area contributed by atoms with Crippen molar-refractivity contribution in [1.82, 2.24) is 0 Å². The molecule has 0 aliphatic rings. The zero-order valence-corrected chi connectivity index (χ0v) is 18.6. The zero-order chi connectivity index (χ0) is 22.0. The second-order valence-corrected chi connectivity index (χ2v) is 6.59. The van der Waals surface area contributed by atoms with Crippen molar-refractivity contribution in [2.75, 3.05) is 28.4 Å². The van der Waals surface area contributed by atoms with Crippen molar-refractivity contribution in [3.63, 3.8) is 0 Å². The largest absolute Gasteiger partial charge is 0.502 e. The predicted molar refractivity (Wildman–Crippen MR) is 115 cm³/mol. The minimum Gasteiger partial charge on any atom is -0.502 e. The predicted octanol–water partition coefficient (Wildman–Crippen LogP) is 5.03. The van der Waals surface area contributed by atoms with Crippen molar-refractivity contribution in [3.05, 3.63) is 34.9 Å². The van der Waals surface area contributed by atoms with Crippen LogP contribution in [0.25, 0.3) is 0 Å². The topological polar surface area (TPSA) is 77.4 Å². The lowest BCUT2D eigenvalue weighted by Gasteiger charge is -2.14. The molecule has 2 aromatic carbocycles. The van der Waals surface area contributed by atoms with Gasteiger partial charge in [0.1, 0.15) is 0 Å². The number of aryl methyl sites for hydroxylation is 2. The molecule has 0 amide bonds. The van der Waals surface area contributed by atoms with E-state index in [1.54, 1.807) is 14.2 Å². The Morgan fingerprint density at radius 3 is 1.59 bits per heavy atom. The third kappa shape index (κ3) is 6.11. The molecule has 0 spiro atoms. The Hall–Kier alpha value is -2.76. The molecular formula is C23H34O6. The molecule has 0 heterocycles. The van der Waals surface area contributed by atoms with Gasteiger partial charge in [0.15, 0.2) is 23.0 Å². The molecule has 0 bridgehead atoms. The Morgan fingerprint density at radius 1 is 0.690 bits per heavy atom. The molecule has 6 nitrogen and oxygen atoms in total. The number of phenols is 2. The number of ether oxygens (including phenoxy) is 4. The normalized spacial score (nSPS) is 10.0.